The molecule has 84 valence electrons. The number of rotatable bonds is 2. The van der Waals surface area contributed by atoms with Crippen LogP contribution in [0.5, 0.6) is 0 Å². The van der Waals surface area contributed by atoms with Gasteiger partial charge in [0.15, 0.2) is 0 Å². The highest BCUT2D eigenvalue weighted by molar-refractivity contribution is 5.82. The van der Waals surface area contributed by atoms with Crippen molar-refractivity contribution in [3.63, 3.8) is 0 Å². The smallest absolute Gasteiger partial charge is 0.274 e. The monoisotopic (exact) mass is 211 g/mol. The van der Waals surface area contributed by atoms with Gasteiger partial charge in [0.1, 0.15) is 12.4 Å². The molecule has 1 heterocycles. The van der Waals surface area contributed by atoms with Gasteiger partial charge in [-0.25, -0.2) is 0 Å². The summed E-state index contributed by atoms with van der Waals surface area (Å²) in [6.45, 7) is 6.02. The van der Waals surface area contributed by atoms with E-state index in [0.717, 1.165) is 5.69 Å². The number of aromatic nitrogens is 2. The second-order valence-corrected chi connectivity index (χ2v) is 4.44. The number of hydrogen-bond donors (Lipinski definition) is 1. The van der Waals surface area contributed by atoms with Crippen LogP contribution in [0.25, 0.3) is 0 Å². The standard InChI is InChI=1S/C10H17N3O2/c1-10(2,3)7-5-8(11)13(12-7)9(14)6-15-4/h5H,6,11H2,1-4H3. The van der Waals surface area contributed by atoms with E-state index in [9.17, 15) is 4.79 Å². The molecule has 0 fully saturated rings. The average molecular weight is 211 g/mol. The quantitative estimate of drug-likeness (QED) is 0.793. The number of carbonyl (C=O) groups is 1. The van der Waals surface area contributed by atoms with E-state index in [1.807, 2.05) is 20.8 Å². The van der Waals surface area contributed by atoms with Gasteiger partial charge in [-0.2, -0.15) is 9.78 Å². The second kappa shape index (κ2) is 4.02. The Morgan fingerprint density at radius 2 is 2.20 bits per heavy atom. The molecule has 1 rings (SSSR count). The lowest BCUT2D eigenvalue weighted by Crippen LogP contribution is -2.21. The highest BCUT2D eigenvalue weighted by Gasteiger charge is 2.20. The van der Waals surface area contributed by atoms with Crippen molar-refractivity contribution >= 4 is 11.7 Å². The van der Waals surface area contributed by atoms with Crippen LogP contribution in [0.1, 0.15) is 31.3 Å². The number of nitrogens with zero attached hydrogens (tertiary/aromatic N) is 2. The summed E-state index contributed by atoms with van der Waals surface area (Å²) >= 11 is 0. The minimum absolute atomic E-state index is 0.0184. The Morgan fingerprint density at radius 3 is 2.60 bits per heavy atom. The Bertz CT molecular complexity index is 363. The highest BCUT2D eigenvalue weighted by atomic mass is 16.5. The fourth-order valence-electron chi connectivity index (χ4n) is 1.15. The summed E-state index contributed by atoms with van der Waals surface area (Å²) in [6.07, 6.45) is 0. The summed E-state index contributed by atoms with van der Waals surface area (Å²) in [5, 5.41) is 4.16. The molecule has 0 saturated carbocycles. The normalized spacial score (nSPS) is 11.7. The molecule has 2 N–H and O–H groups in total. The molecule has 0 bridgehead atoms. The molecule has 0 atom stereocenters. The predicted octanol–water partition coefficient (Wildman–Crippen LogP) is 1.05. The Morgan fingerprint density at radius 1 is 1.60 bits per heavy atom. The maximum Gasteiger partial charge on any atom is 0.274 e. The lowest BCUT2D eigenvalue weighted by atomic mass is 9.92. The van der Waals surface area contributed by atoms with E-state index in [4.69, 9.17) is 10.5 Å². The van der Waals surface area contributed by atoms with Crippen molar-refractivity contribution in [1.82, 2.24) is 9.78 Å². The van der Waals surface area contributed by atoms with Crippen molar-refractivity contribution in [2.24, 2.45) is 0 Å². The van der Waals surface area contributed by atoms with Gasteiger partial charge in [-0.05, 0) is 0 Å². The number of ether oxygens (including phenoxy) is 1. The van der Waals surface area contributed by atoms with Crippen molar-refractivity contribution in [2.45, 2.75) is 26.2 Å². The molecule has 0 radical (unpaired) electrons. The van der Waals surface area contributed by atoms with Crippen LogP contribution in [-0.2, 0) is 10.2 Å². The molecule has 0 aliphatic rings. The number of anilines is 1. The second-order valence-electron chi connectivity index (χ2n) is 4.44. The van der Waals surface area contributed by atoms with Crippen LogP contribution in [0.15, 0.2) is 6.07 Å². The summed E-state index contributed by atoms with van der Waals surface area (Å²) in [6, 6.07) is 1.72. The minimum atomic E-state index is -0.259. The van der Waals surface area contributed by atoms with Gasteiger partial charge in [0.25, 0.3) is 5.91 Å². The molecule has 5 heteroatoms. The van der Waals surface area contributed by atoms with Crippen molar-refractivity contribution in [2.75, 3.05) is 19.5 Å². The Balaban J connectivity index is 3.02. The third-order valence-electron chi connectivity index (χ3n) is 2.01. The topological polar surface area (TPSA) is 70.1 Å². The molecular weight excluding hydrogens is 194 g/mol. The largest absolute Gasteiger partial charge is 0.383 e. The summed E-state index contributed by atoms with van der Waals surface area (Å²) in [4.78, 5) is 11.5. The fourth-order valence-corrected chi connectivity index (χ4v) is 1.15. The van der Waals surface area contributed by atoms with Gasteiger partial charge in [-0.3, -0.25) is 4.79 Å². The van der Waals surface area contributed by atoms with Gasteiger partial charge in [-0.1, -0.05) is 20.8 Å². The van der Waals surface area contributed by atoms with Crippen molar-refractivity contribution < 1.29 is 9.53 Å². The summed E-state index contributed by atoms with van der Waals surface area (Å²) in [5.41, 5.74) is 6.37. The average Bonchev–Trinajstić information content (AvgIpc) is 2.47. The first kappa shape index (κ1) is 11.7. The zero-order chi connectivity index (χ0) is 11.6. The van der Waals surface area contributed by atoms with E-state index >= 15 is 0 Å². The van der Waals surface area contributed by atoms with Crippen LogP contribution in [-0.4, -0.2) is 29.4 Å². The highest BCUT2D eigenvalue weighted by Crippen LogP contribution is 2.22. The maximum atomic E-state index is 11.5. The SMILES string of the molecule is COCC(=O)n1nc(C(C)(C)C)cc1N. The molecule has 0 spiro atoms. The van der Waals surface area contributed by atoms with E-state index in [1.54, 1.807) is 6.07 Å². The molecule has 0 aromatic carbocycles. The predicted molar refractivity (Wildman–Crippen MR) is 57.8 cm³/mol. The fraction of sp³-hybridized carbons (Fsp3) is 0.600. The zero-order valence-corrected chi connectivity index (χ0v) is 9.57. The van der Waals surface area contributed by atoms with E-state index in [1.165, 1.54) is 11.8 Å². The molecule has 5 nitrogen and oxygen atoms in total. The molecule has 0 aliphatic heterocycles. The van der Waals surface area contributed by atoms with Crippen LogP contribution < -0.4 is 5.73 Å². The lowest BCUT2D eigenvalue weighted by molar-refractivity contribution is 0.0747. The summed E-state index contributed by atoms with van der Waals surface area (Å²) < 4.78 is 5.93. The van der Waals surface area contributed by atoms with Gasteiger partial charge in [0, 0.05) is 18.6 Å². The van der Waals surface area contributed by atoms with Gasteiger partial charge < -0.3 is 10.5 Å². The first-order valence-electron chi connectivity index (χ1n) is 4.74. The number of nitrogens with two attached hydrogens (primary N) is 1. The number of nitrogen functional groups attached to an aromatic ring is 1. The van der Waals surface area contributed by atoms with E-state index in [-0.39, 0.29) is 17.9 Å². The third-order valence-corrected chi connectivity index (χ3v) is 2.01. The molecule has 0 unspecified atom stereocenters. The van der Waals surface area contributed by atoms with Crippen LogP contribution in [0.3, 0.4) is 0 Å². The maximum absolute atomic E-state index is 11.5. The Labute approximate surface area is 89.2 Å². The number of methoxy groups -OCH3 is 1. The first-order chi connectivity index (χ1) is 6.86. The Kier molecular flexibility index (Phi) is 3.14. The molecule has 0 aliphatic carbocycles. The molecule has 1 aromatic rings. The third kappa shape index (κ3) is 2.56. The number of carbonyl (C=O) groups excluding carboxylic acids is 1. The van der Waals surface area contributed by atoms with Crippen molar-refractivity contribution in [3.05, 3.63) is 11.8 Å². The molecule has 0 saturated heterocycles. The van der Waals surface area contributed by atoms with Crippen molar-refractivity contribution in [3.8, 4) is 0 Å². The van der Waals surface area contributed by atoms with Gasteiger partial charge in [0.05, 0.1) is 5.69 Å². The zero-order valence-electron chi connectivity index (χ0n) is 9.57. The lowest BCUT2D eigenvalue weighted by Gasteiger charge is -2.13. The minimum Gasteiger partial charge on any atom is -0.383 e. The summed E-state index contributed by atoms with van der Waals surface area (Å²) in [5.74, 6) is 0.0903. The van der Waals surface area contributed by atoms with Crippen LogP contribution >= 0.6 is 0 Å². The number of hydrogen-bond acceptors (Lipinski definition) is 4. The van der Waals surface area contributed by atoms with Crippen LogP contribution in [0.2, 0.25) is 0 Å². The van der Waals surface area contributed by atoms with E-state index < -0.39 is 0 Å². The van der Waals surface area contributed by atoms with Gasteiger partial charge in [-0.15, -0.1) is 0 Å². The summed E-state index contributed by atoms with van der Waals surface area (Å²) in [7, 11) is 1.46. The molecule has 1 aromatic heterocycles. The van der Waals surface area contributed by atoms with Gasteiger partial charge >= 0.3 is 0 Å². The Hall–Kier alpha value is -1.36. The first-order valence-corrected chi connectivity index (χ1v) is 4.74. The van der Waals surface area contributed by atoms with Crippen molar-refractivity contribution in [1.29, 1.82) is 0 Å². The molecule has 15 heavy (non-hydrogen) atoms. The van der Waals surface area contributed by atoms with Gasteiger partial charge in [0.2, 0.25) is 0 Å². The molecule has 0 amide bonds. The van der Waals surface area contributed by atoms with E-state index in [2.05, 4.69) is 5.10 Å². The van der Waals surface area contributed by atoms with Crippen LogP contribution in [0, 0.1) is 0 Å². The molecular formula is C10H17N3O2. The van der Waals surface area contributed by atoms with Crippen LogP contribution in [0.4, 0.5) is 5.82 Å². The van der Waals surface area contributed by atoms with E-state index in [0.29, 0.717) is 5.82 Å².